The first-order valence-electron chi connectivity index (χ1n) is 7.75. The summed E-state index contributed by atoms with van der Waals surface area (Å²) in [4.78, 5) is 27.8. The average molecular weight is 399 g/mol. The first-order chi connectivity index (χ1) is 12.0. The number of nitrogens with zero attached hydrogens (tertiary/aromatic N) is 1. The van der Waals surface area contributed by atoms with E-state index in [0.717, 1.165) is 9.90 Å². The van der Waals surface area contributed by atoms with E-state index < -0.39 is 0 Å². The number of ether oxygens (including phenoxy) is 1. The van der Waals surface area contributed by atoms with Gasteiger partial charge >= 0.3 is 5.97 Å². The summed E-state index contributed by atoms with van der Waals surface area (Å²) in [7, 11) is 0. The molecule has 0 bridgehead atoms. The van der Waals surface area contributed by atoms with Crippen LogP contribution in [-0.2, 0) is 20.7 Å². The monoisotopic (exact) mass is 398 g/mol. The van der Waals surface area contributed by atoms with Crippen LogP contribution in [0.4, 0.5) is 0 Å². The van der Waals surface area contributed by atoms with Crippen LogP contribution in [0.25, 0.3) is 0 Å². The van der Waals surface area contributed by atoms with E-state index in [1.54, 1.807) is 19.1 Å². The molecule has 0 aliphatic rings. The van der Waals surface area contributed by atoms with Gasteiger partial charge in [-0.25, -0.2) is 4.98 Å². The smallest absolute Gasteiger partial charge is 0.311 e. The minimum Gasteiger partial charge on any atom is -0.466 e. The fraction of sp³-hybridized carbons (Fsp3) is 0.353. The summed E-state index contributed by atoms with van der Waals surface area (Å²) in [6, 6.07) is 7.29. The van der Waals surface area contributed by atoms with E-state index in [1.807, 2.05) is 24.4 Å². The predicted molar refractivity (Wildman–Crippen MR) is 101 cm³/mol. The van der Waals surface area contributed by atoms with Crippen molar-refractivity contribution in [2.45, 2.75) is 30.6 Å². The highest BCUT2D eigenvalue weighted by atomic mass is 35.5. The van der Waals surface area contributed by atoms with Crippen LogP contribution in [0.2, 0.25) is 5.02 Å². The number of hydrogen-bond acceptors (Lipinski definition) is 6. The molecule has 1 N–H and O–H groups in total. The topological polar surface area (TPSA) is 68.3 Å². The summed E-state index contributed by atoms with van der Waals surface area (Å²) in [6.45, 7) is 4.05. The molecule has 0 saturated heterocycles. The highest BCUT2D eigenvalue weighted by Gasteiger charge is 2.12. The number of hydrogen-bond donors (Lipinski definition) is 1. The molecule has 0 spiro atoms. The Kier molecular flexibility index (Phi) is 7.74. The van der Waals surface area contributed by atoms with Crippen molar-refractivity contribution >= 4 is 46.6 Å². The largest absolute Gasteiger partial charge is 0.466 e. The summed E-state index contributed by atoms with van der Waals surface area (Å²) in [5.74, 6) is -0.0990. The van der Waals surface area contributed by atoms with Crippen molar-refractivity contribution in [3.05, 3.63) is 45.9 Å². The average Bonchev–Trinajstić information content (AvgIpc) is 3.01. The van der Waals surface area contributed by atoms with Crippen molar-refractivity contribution in [2.75, 3.05) is 12.4 Å². The molecule has 8 heteroatoms. The highest BCUT2D eigenvalue weighted by Crippen LogP contribution is 2.23. The molecule has 1 aromatic heterocycles. The molecular formula is C17H19ClN2O3S2. The van der Waals surface area contributed by atoms with Gasteiger partial charge < -0.3 is 10.1 Å². The Labute approximate surface area is 160 Å². The Morgan fingerprint density at radius 3 is 2.76 bits per heavy atom. The second-order valence-corrected chi connectivity index (χ2v) is 7.73. The van der Waals surface area contributed by atoms with Gasteiger partial charge in [-0.2, -0.15) is 0 Å². The molecule has 0 fully saturated rings. The maximum Gasteiger partial charge on any atom is 0.311 e. The van der Waals surface area contributed by atoms with Crippen LogP contribution in [-0.4, -0.2) is 29.2 Å². The van der Waals surface area contributed by atoms with Crippen molar-refractivity contribution in [1.82, 2.24) is 10.3 Å². The van der Waals surface area contributed by atoms with Crippen LogP contribution in [0.15, 0.2) is 34.0 Å². The van der Waals surface area contributed by atoms with Gasteiger partial charge in [0.1, 0.15) is 0 Å². The van der Waals surface area contributed by atoms with Crippen molar-refractivity contribution in [1.29, 1.82) is 0 Å². The standard InChI is InChI=1S/C17H19ClN2O3S2/c1-3-23-16(22)8-14-9-24-17(20-14)25-10-15(21)19-11(2)12-4-6-13(18)7-5-12/h4-7,9,11H,3,8,10H2,1-2H3,(H,19,21)/t11-/m0/s1. The number of rotatable bonds is 8. The van der Waals surface area contributed by atoms with Crippen molar-refractivity contribution in [3.8, 4) is 0 Å². The molecule has 0 saturated carbocycles. The lowest BCUT2D eigenvalue weighted by Crippen LogP contribution is -2.28. The number of carbonyl (C=O) groups excluding carboxylic acids is 2. The van der Waals surface area contributed by atoms with Crippen LogP contribution in [0.1, 0.15) is 31.1 Å². The zero-order chi connectivity index (χ0) is 18.2. The summed E-state index contributed by atoms with van der Waals surface area (Å²) < 4.78 is 5.65. The fourth-order valence-electron chi connectivity index (χ4n) is 2.04. The lowest BCUT2D eigenvalue weighted by Gasteiger charge is -2.14. The van der Waals surface area contributed by atoms with E-state index >= 15 is 0 Å². The maximum atomic E-state index is 12.1. The summed E-state index contributed by atoms with van der Waals surface area (Å²) in [5.41, 5.74) is 1.66. The number of thiazole rings is 1. The fourth-order valence-corrected chi connectivity index (χ4v) is 3.82. The Bertz CT molecular complexity index is 719. The van der Waals surface area contributed by atoms with E-state index in [9.17, 15) is 9.59 Å². The third kappa shape index (κ3) is 6.68. The van der Waals surface area contributed by atoms with Crippen LogP contribution < -0.4 is 5.32 Å². The maximum absolute atomic E-state index is 12.1. The number of carbonyl (C=O) groups is 2. The van der Waals surface area contributed by atoms with Gasteiger partial charge in [0.2, 0.25) is 5.91 Å². The van der Waals surface area contributed by atoms with E-state index in [2.05, 4.69) is 10.3 Å². The molecule has 134 valence electrons. The number of nitrogens with one attached hydrogen (secondary N) is 1. The van der Waals surface area contributed by atoms with Gasteiger partial charge in [-0.05, 0) is 31.5 Å². The van der Waals surface area contributed by atoms with E-state index in [1.165, 1.54) is 23.1 Å². The molecule has 1 amide bonds. The van der Waals surface area contributed by atoms with E-state index in [-0.39, 0.29) is 30.1 Å². The first-order valence-corrected chi connectivity index (χ1v) is 10.00. The van der Waals surface area contributed by atoms with Crippen molar-refractivity contribution < 1.29 is 14.3 Å². The van der Waals surface area contributed by atoms with Crippen LogP contribution in [0.3, 0.4) is 0 Å². The Morgan fingerprint density at radius 2 is 2.08 bits per heavy atom. The summed E-state index contributed by atoms with van der Waals surface area (Å²) >= 11 is 8.63. The third-order valence-electron chi connectivity index (χ3n) is 3.24. The Hall–Kier alpha value is -1.57. The molecule has 1 heterocycles. The lowest BCUT2D eigenvalue weighted by molar-refractivity contribution is -0.142. The number of benzene rings is 1. The first kappa shape index (κ1) is 19.8. The van der Waals surface area contributed by atoms with E-state index in [0.29, 0.717) is 17.3 Å². The molecule has 1 atom stereocenters. The minimum atomic E-state index is -0.293. The summed E-state index contributed by atoms with van der Waals surface area (Å²) in [6.07, 6.45) is 0.157. The molecule has 0 unspecified atom stereocenters. The van der Waals surface area contributed by atoms with Gasteiger partial charge in [0.15, 0.2) is 4.34 Å². The molecule has 0 aliphatic carbocycles. The zero-order valence-electron chi connectivity index (χ0n) is 14.0. The van der Waals surface area contributed by atoms with Crippen molar-refractivity contribution in [3.63, 3.8) is 0 Å². The van der Waals surface area contributed by atoms with Crippen molar-refractivity contribution in [2.24, 2.45) is 0 Å². The normalized spacial score (nSPS) is 11.8. The number of thioether (sulfide) groups is 1. The Balaban J connectivity index is 1.79. The third-order valence-corrected chi connectivity index (χ3v) is 5.56. The number of esters is 1. The number of amides is 1. The minimum absolute atomic E-state index is 0.0745. The zero-order valence-corrected chi connectivity index (χ0v) is 16.3. The van der Waals surface area contributed by atoms with Crippen LogP contribution >= 0.6 is 34.7 Å². The number of halogens is 1. The molecule has 0 radical (unpaired) electrons. The van der Waals surface area contributed by atoms with Gasteiger partial charge in [0, 0.05) is 10.4 Å². The molecule has 2 rings (SSSR count). The highest BCUT2D eigenvalue weighted by molar-refractivity contribution is 8.01. The molecule has 1 aromatic carbocycles. The van der Waals surface area contributed by atoms with Gasteiger partial charge in [0.25, 0.3) is 0 Å². The molecule has 25 heavy (non-hydrogen) atoms. The second kappa shape index (κ2) is 9.79. The van der Waals surface area contributed by atoms with Crippen LogP contribution in [0.5, 0.6) is 0 Å². The van der Waals surface area contributed by atoms with Gasteiger partial charge in [-0.3, -0.25) is 9.59 Å². The summed E-state index contributed by atoms with van der Waals surface area (Å²) in [5, 5.41) is 5.42. The predicted octanol–water partition coefficient (Wildman–Crippen LogP) is 3.87. The SMILES string of the molecule is CCOC(=O)Cc1csc(SCC(=O)N[C@@H](C)c2ccc(Cl)cc2)n1. The number of aromatic nitrogens is 1. The molecular weight excluding hydrogens is 380 g/mol. The van der Waals surface area contributed by atoms with E-state index in [4.69, 9.17) is 16.3 Å². The lowest BCUT2D eigenvalue weighted by atomic mass is 10.1. The Morgan fingerprint density at radius 1 is 1.36 bits per heavy atom. The van der Waals surface area contributed by atoms with Crippen LogP contribution in [0, 0.1) is 0 Å². The molecule has 2 aromatic rings. The van der Waals surface area contributed by atoms with Gasteiger partial charge in [-0.15, -0.1) is 11.3 Å². The molecule has 0 aliphatic heterocycles. The molecule has 5 nitrogen and oxygen atoms in total. The quantitative estimate of drug-likeness (QED) is 0.540. The second-order valence-electron chi connectivity index (χ2n) is 5.22. The van der Waals surface area contributed by atoms with Gasteiger partial charge in [0.05, 0.1) is 30.5 Å². The van der Waals surface area contributed by atoms with Gasteiger partial charge in [-0.1, -0.05) is 35.5 Å².